The molecule has 130 valence electrons. The van der Waals surface area contributed by atoms with Crippen LogP contribution in [0.1, 0.15) is 29.6 Å². The maximum atomic E-state index is 13.0. The highest BCUT2D eigenvalue weighted by atomic mass is 16.2. The molecular formula is C21H19N3O2. The SMILES string of the molecule is N#CCCC[C@@H](NC(=O)c1c2ccccc2cc2ccccc12)C(N)=O. The van der Waals surface area contributed by atoms with E-state index < -0.39 is 11.9 Å². The van der Waals surface area contributed by atoms with E-state index in [0.29, 0.717) is 24.8 Å². The zero-order valence-electron chi connectivity index (χ0n) is 14.2. The highest BCUT2D eigenvalue weighted by Gasteiger charge is 2.21. The minimum Gasteiger partial charge on any atom is -0.368 e. The molecule has 5 heteroatoms. The average Bonchev–Trinajstić information content (AvgIpc) is 2.65. The van der Waals surface area contributed by atoms with Crippen molar-refractivity contribution in [3.8, 4) is 6.07 Å². The number of carbonyl (C=O) groups excluding carboxylic acids is 2. The standard InChI is InChI=1S/C21H19N3O2/c22-12-6-5-11-18(20(23)25)24-21(26)19-16-9-3-1-7-14(16)13-15-8-2-4-10-17(15)19/h1-4,7-10,13,18H,5-6,11H2,(H2,23,25)(H,24,26)/t18-/m1/s1. The predicted octanol–water partition coefficient (Wildman–Crippen LogP) is 3.27. The Kier molecular flexibility index (Phi) is 5.14. The first-order valence-corrected chi connectivity index (χ1v) is 8.49. The summed E-state index contributed by atoms with van der Waals surface area (Å²) in [5.41, 5.74) is 5.97. The van der Waals surface area contributed by atoms with Crippen LogP contribution in [-0.2, 0) is 4.79 Å². The van der Waals surface area contributed by atoms with E-state index in [2.05, 4.69) is 5.32 Å². The third kappa shape index (κ3) is 3.50. The van der Waals surface area contributed by atoms with Gasteiger partial charge in [-0.1, -0.05) is 48.5 Å². The van der Waals surface area contributed by atoms with E-state index in [4.69, 9.17) is 11.0 Å². The van der Waals surface area contributed by atoms with Gasteiger partial charge in [-0.2, -0.15) is 5.26 Å². The maximum Gasteiger partial charge on any atom is 0.253 e. The Bertz CT molecular complexity index is 967. The van der Waals surface area contributed by atoms with Crippen LogP contribution in [0.4, 0.5) is 0 Å². The van der Waals surface area contributed by atoms with Crippen molar-refractivity contribution in [1.82, 2.24) is 5.32 Å². The van der Waals surface area contributed by atoms with Crippen molar-refractivity contribution >= 4 is 33.4 Å². The van der Waals surface area contributed by atoms with Crippen LogP contribution in [0.3, 0.4) is 0 Å². The van der Waals surface area contributed by atoms with Crippen LogP contribution in [-0.4, -0.2) is 17.9 Å². The number of amides is 2. The van der Waals surface area contributed by atoms with Crippen LogP contribution >= 0.6 is 0 Å². The first-order valence-electron chi connectivity index (χ1n) is 8.49. The molecule has 0 spiro atoms. The van der Waals surface area contributed by atoms with Gasteiger partial charge in [-0.25, -0.2) is 0 Å². The molecular weight excluding hydrogens is 326 g/mol. The summed E-state index contributed by atoms with van der Waals surface area (Å²) in [6, 6.07) is 18.6. The molecule has 0 saturated heterocycles. The Labute approximate surface area is 151 Å². The van der Waals surface area contributed by atoms with Gasteiger partial charge in [-0.15, -0.1) is 0 Å². The molecule has 3 rings (SSSR count). The average molecular weight is 345 g/mol. The van der Waals surface area contributed by atoms with Crippen molar-refractivity contribution in [3.05, 3.63) is 60.2 Å². The quantitative estimate of drug-likeness (QED) is 0.530. The topological polar surface area (TPSA) is 96.0 Å². The molecule has 2 amide bonds. The summed E-state index contributed by atoms with van der Waals surface area (Å²) in [4.78, 5) is 24.7. The number of nitrogens with one attached hydrogen (secondary N) is 1. The molecule has 3 N–H and O–H groups in total. The normalized spacial score (nSPS) is 11.8. The minimum atomic E-state index is -0.798. The molecule has 0 aliphatic rings. The van der Waals surface area contributed by atoms with Crippen LogP contribution in [0, 0.1) is 11.3 Å². The fourth-order valence-corrected chi connectivity index (χ4v) is 3.16. The molecule has 5 nitrogen and oxygen atoms in total. The van der Waals surface area contributed by atoms with E-state index in [-0.39, 0.29) is 5.91 Å². The Morgan fingerprint density at radius 2 is 1.62 bits per heavy atom. The van der Waals surface area contributed by atoms with Crippen molar-refractivity contribution in [3.63, 3.8) is 0 Å². The Hall–Kier alpha value is -3.39. The van der Waals surface area contributed by atoms with Gasteiger partial charge in [0.2, 0.25) is 5.91 Å². The third-order valence-corrected chi connectivity index (χ3v) is 4.43. The number of unbranched alkanes of at least 4 members (excludes halogenated alkanes) is 1. The Morgan fingerprint density at radius 1 is 1.04 bits per heavy atom. The fraction of sp³-hybridized carbons (Fsp3) is 0.190. The second-order valence-corrected chi connectivity index (χ2v) is 6.17. The highest BCUT2D eigenvalue weighted by Crippen LogP contribution is 2.28. The first kappa shape index (κ1) is 17.4. The molecule has 0 fully saturated rings. The van der Waals surface area contributed by atoms with Crippen LogP contribution in [0.5, 0.6) is 0 Å². The summed E-state index contributed by atoms with van der Waals surface area (Å²) in [6.07, 6.45) is 1.16. The second-order valence-electron chi connectivity index (χ2n) is 6.17. The number of fused-ring (bicyclic) bond motifs is 2. The van der Waals surface area contributed by atoms with Crippen molar-refractivity contribution in [1.29, 1.82) is 5.26 Å². The Morgan fingerprint density at radius 3 is 2.15 bits per heavy atom. The van der Waals surface area contributed by atoms with Crippen LogP contribution in [0.15, 0.2) is 54.6 Å². The molecule has 0 aliphatic heterocycles. The molecule has 0 heterocycles. The van der Waals surface area contributed by atoms with Crippen LogP contribution < -0.4 is 11.1 Å². The summed E-state index contributed by atoms with van der Waals surface area (Å²) in [5.74, 6) is -0.931. The molecule has 26 heavy (non-hydrogen) atoms. The monoisotopic (exact) mass is 345 g/mol. The molecule has 1 atom stereocenters. The Balaban J connectivity index is 2.03. The van der Waals surface area contributed by atoms with Crippen molar-refractivity contribution in [2.24, 2.45) is 5.73 Å². The number of nitrogens with zero attached hydrogens (tertiary/aromatic N) is 1. The number of nitriles is 1. The van der Waals surface area contributed by atoms with E-state index in [1.54, 1.807) is 0 Å². The molecule has 3 aromatic carbocycles. The van der Waals surface area contributed by atoms with Gasteiger partial charge in [0.1, 0.15) is 6.04 Å². The zero-order valence-corrected chi connectivity index (χ0v) is 14.2. The minimum absolute atomic E-state index is 0.316. The number of carbonyl (C=O) groups is 2. The van der Waals surface area contributed by atoms with E-state index in [0.717, 1.165) is 21.5 Å². The van der Waals surface area contributed by atoms with Gasteiger partial charge in [0.25, 0.3) is 5.91 Å². The van der Waals surface area contributed by atoms with Crippen molar-refractivity contribution < 1.29 is 9.59 Å². The van der Waals surface area contributed by atoms with E-state index in [9.17, 15) is 9.59 Å². The largest absolute Gasteiger partial charge is 0.368 e. The van der Waals surface area contributed by atoms with Crippen molar-refractivity contribution in [2.75, 3.05) is 0 Å². The summed E-state index contributed by atoms with van der Waals surface area (Å²) in [7, 11) is 0. The number of hydrogen-bond donors (Lipinski definition) is 2. The van der Waals surface area contributed by atoms with Crippen molar-refractivity contribution in [2.45, 2.75) is 25.3 Å². The van der Waals surface area contributed by atoms with Gasteiger partial charge in [-0.3, -0.25) is 9.59 Å². The highest BCUT2D eigenvalue weighted by molar-refractivity contribution is 6.18. The summed E-state index contributed by atoms with van der Waals surface area (Å²) < 4.78 is 0. The number of rotatable bonds is 6. The summed E-state index contributed by atoms with van der Waals surface area (Å²) in [5, 5.41) is 15.0. The van der Waals surface area contributed by atoms with Crippen LogP contribution in [0.25, 0.3) is 21.5 Å². The van der Waals surface area contributed by atoms with E-state index >= 15 is 0 Å². The summed E-state index contributed by atoms with van der Waals surface area (Å²) >= 11 is 0. The van der Waals surface area contributed by atoms with Gasteiger partial charge in [0, 0.05) is 6.42 Å². The molecule has 0 bridgehead atoms. The number of hydrogen-bond acceptors (Lipinski definition) is 3. The number of benzene rings is 3. The second kappa shape index (κ2) is 7.66. The zero-order chi connectivity index (χ0) is 18.5. The van der Waals surface area contributed by atoms with Gasteiger partial charge in [0.05, 0.1) is 11.6 Å². The molecule has 0 aliphatic carbocycles. The number of nitrogens with two attached hydrogens (primary N) is 1. The van der Waals surface area contributed by atoms with Gasteiger partial charge in [-0.05, 0) is 40.5 Å². The lowest BCUT2D eigenvalue weighted by atomic mass is 9.96. The third-order valence-electron chi connectivity index (χ3n) is 4.43. The lowest BCUT2D eigenvalue weighted by Crippen LogP contribution is -2.44. The van der Waals surface area contributed by atoms with E-state index in [1.807, 2.05) is 60.7 Å². The number of primary amides is 1. The first-order chi connectivity index (χ1) is 12.6. The molecule has 0 aromatic heterocycles. The molecule has 0 radical (unpaired) electrons. The lowest BCUT2D eigenvalue weighted by Gasteiger charge is -2.17. The summed E-state index contributed by atoms with van der Waals surface area (Å²) in [6.45, 7) is 0. The fourth-order valence-electron chi connectivity index (χ4n) is 3.16. The van der Waals surface area contributed by atoms with Gasteiger partial charge in [0.15, 0.2) is 0 Å². The molecule has 0 saturated carbocycles. The molecule has 0 unspecified atom stereocenters. The maximum absolute atomic E-state index is 13.0. The van der Waals surface area contributed by atoms with E-state index in [1.165, 1.54) is 0 Å². The molecule has 3 aromatic rings. The smallest absolute Gasteiger partial charge is 0.253 e. The predicted molar refractivity (Wildman–Crippen MR) is 101 cm³/mol. The van der Waals surface area contributed by atoms with Crippen LogP contribution in [0.2, 0.25) is 0 Å². The lowest BCUT2D eigenvalue weighted by molar-refractivity contribution is -0.120. The van der Waals surface area contributed by atoms with Gasteiger partial charge >= 0.3 is 0 Å². The van der Waals surface area contributed by atoms with Gasteiger partial charge < -0.3 is 11.1 Å².